The van der Waals surface area contributed by atoms with E-state index in [4.69, 9.17) is 5.10 Å². The summed E-state index contributed by atoms with van der Waals surface area (Å²) >= 11 is 0. The van der Waals surface area contributed by atoms with Crippen LogP contribution in [0.15, 0.2) is 24.7 Å². The average Bonchev–Trinajstić information content (AvgIpc) is 3.34. The van der Waals surface area contributed by atoms with Gasteiger partial charge < -0.3 is 10.4 Å². The molecule has 0 atom stereocenters. The molecule has 0 saturated heterocycles. The number of nitriles is 1. The van der Waals surface area contributed by atoms with Gasteiger partial charge in [0, 0.05) is 36.0 Å². The van der Waals surface area contributed by atoms with Crippen molar-refractivity contribution in [2.24, 2.45) is 0 Å². The topological polar surface area (TPSA) is 105 Å². The standard InChI is InChI=1S/C21H27N7O/c1-4-23-19-9-18-17(11-24-19)20(14-10-25-27(12-14)21(2,3)13-22)26-28(18)15-5-7-16(29)8-6-15/h9-12,15-16,29H,4-8H2,1-3H3,(H,23,24)/t15-,16-. The monoisotopic (exact) mass is 393 g/mol. The van der Waals surface area contributed by atoms with Crippen LogP contribution in [0.1, 0.15) is 52.5 Å². The van der Waals surface area contributed by atoms with Crippen molar-refractivity contribution >= 4 is 16.7 Å². The van der Waals surface area contributed by atoms with E-state index in [9.17, 15) is 10.4 Å². The molecule has 0 spiro atoms. The van der Waals surface area contributed by atoms with E-state index in [1.807, 2.05) is 39.2 Å². The van der Waals surface area contributed by atoms with E-state index in [1.165, 1.54) is 0 Å². The van der Waals surface area contributed by atoms with Crippen molar-refractivity contribution in [1.82, 2.24) is 24.5 Å². The first-order valence-corrected chi connectivity index (χ1v) is 10.2. The number of hydrogen-bond donors (Lipinski definition) is 2. The predicted molar refractivity (Wildman–Crippen MR) is 111 cm³/mol. The van der Waals surface area contributed by atoms with Gasteiger partial charge in [0.15, 0.2) is 0 Å². The second-order valence-corrected chi connectivity index (χ2v) is 8.22. The molecule has 152 valence electrons. The van der Waals surface area contributed by atoms with Crippen LogP contribution in [0.4, 0.5) is 5.82 Å². The fourth-order valence-electron chi connectivity index (χ4n) is 3.91. The molecule has 4 rings (SSSR count). The Morgan fingerprint density at radius 3 is 2.72 bits per heavy atom. The molecule has 3 aromatic rings. The molecule has 1 aliphatic rings. The molecule has 0 radical (unpaired) electrons. The summed E-state index contributed by atoms with van der Waals surface area (Å²) in [6.07, 6.45) is 8.66. The smallest absolute Gasteiger partial charge is 0.143 e. The number of aromatic nitrogens is 5. The van der Waals surface area contributed by atoms with Crippen molar-refractivity contribution in [2.45, 2.75) is 64.1 Å². The number of anilines is 1. The summed E-state index contributed by atoms with van der Waals surface area (Å²) in [5.74, 6) is 0.824. The summed E-state index contributed by atoms with van der Waals surface area (Å²) in [5, 5.41) is 32.9. The number of rotatable bonds is 5. The van der Waals surface area contributed by atoms with Crippen LogP contribution in [0.25, 0.3) is 22.2 Å². The highest BCUT2D eigenvalue weighted by Crippen LogP contribution is 2.35. The third kappa shape index (κ3) is 3.58. The van der Waals surface area contributed by atoms with Gasteiger partial charge in [0.2, 0.25) is 0 Å². The van der Waals surface area contributed by atoms with Crippen molar-refractivity contribution in [3.63, 3.8) is 0 Å². The molecule has 0 unspecified atom stereocenters. The summed E-state index contributed by atoms with van der Waals surface area (Å²) in [6, 6.07) is 4.57. The van der Waals surface area contributed by atoms with Crippen LogP contribution in [-0.4, -0.2) is 42.3 Å². The molecule has 29 heavy (non-hydrogen) atoms. The van der Waals surface area contributed by atoms with Crippen LogP contribution in [0.3, 0.4) is 0 Å². The Balaban J connectivity index is 1.81. The second-order valence-electron chi connectivity index (χ2n) is 8.22. The van der Waals surface area contributed by atoms with Crippen LogP contribution < -0.4 is 5.32 Å². The predicted octanol–water partition coefficient (Wildman–Crippen LogP) is 3.46. The summed E-state index contributed by atoms with van der Waals surface area (Å²) in [4.78, 5) is 4.54. The Hall–Kier alpha value is -2.92. The molecule has 3 aromatic heterocycles. The minimum Gasteiger partial charge on any atom is -0.393 e. The average molecular weight is 393 g/mol. The Morgan fingerprint density at radius 2 is 2.03 bits per heavy atom. The van der Waals surface area contributed by atoms with Crippen molar-refractivity contribution in [3.05, 3.63) is 24.7 Å². The highest BCUT2D eigenvalue weighted by molar-refractivity contribution is 5.93. The maximum Gasteiger partial charge on any atom is 0.143 e. The van der Waals surface area contributed by atoms with Crippen LogP contribution in [0, 0.1) is 11.3 Å². The Morgan fingerprint density at radius 1 is 1.28 bits per heavy atom. The molecule has 1 aliphatic carbocycles. The lowest BCUT2D eigenvalue weighted by molar-refractivity contribution is 0.109. The zero-order valence-corrected chi connectivity index (χ0v) is 17.1. The molecule has 8 nitrogen and oxygen atoms in total. The summed E-state index contributed by atoms with van der Waals surface area (Å²) in [5.41, 5.74) is 1.99. The minimum atomic E-state index is -0.730. The highest BCUT2D eigenvalue weighted by Gasteiger charge is 2.26. The lowest BCUT2D eigenvalue weighted by Gasteiger charge is -2.26. The van der Waals surface area contributed by atoms with Gasteiger partial charge in [-0.3, -0.25) is 9.36 Å². The number of nitrogens with zero attached hydrogens (tertiary/aromatic N) is 6. The molecule has 2 N–H and O–H groups in total. The van der Waals surface area contributed by atoms with E-state index in [-0.39, 0.29) is 12.1 Å². The zero-order valence-electron chi connectivity index (χ0n) is 17.1. The molecular formula is C21H27N7O. The Kier molecular flexibility index (Phi) is 5.01. The minimum absolute atomic E-state index is 0.210. The van der Waals surface area contributed by atoms with Gasteiger partial charge in [-0.2, -0.15) is 15.5 Å². The zero-order chi connectivity index (χ0) is 20.6. The van der Waals surface area contributed by atoms with Gasteiger partial charge in [-0.1, -0.05) is 0 Å². The summed E-state index contributed by atoms with van der Waals surface area (Å²) in [7, 11) is 0. The van der Waals surface area contributed by atoms with Crippen molar-refractivity contribution in [3.8, 4) is 17.3 Å². The Bertz CT molecular complexity index is 1050. The van der Waals surface area contributed by atoms with Crippen molar-refractivity contribution in [2.75, 3.05) is 11.9 Å². The normalized spacial score (nSPS) is 20.0. The van der Waals surface area contributed by atoms with Crippen LogP contribution in [-0.2, 0) is 5.54 Å². The van der Waals surface area contributed by atoms with E-state index in [2.05, 4.69) is 26.2 Å². The number of hydrogen-bond acceptors (Lipinski definition) is 6. The number of aliphatic hydroxyl groups excluding tert-OH is 1. The molecule has 1 saturated carbocycles. The largest absolute Gasteiger partial charge is 0.393 e. The number of nitrogens with one attached hydrogen (secondary N) is 1. The molecule has 0 aromatic carbocycles. The van der Waals surface area contributed by atoms with Gasteiger partial charge in [0.25, 0.3) is 0 Å². The lowest BCUT2D eigenvalue weighted by Crippen LogP contribution is -2.24. The van der Waals surface area contributed by atoms with E-state index in [1.54, 1.807) is 10.9 Å². The van der Waals surface area contributed by atoms with Gasteiger partial charge in [0.1, 0.15) is 17.1 Å². The first-order valence-electron chi connectivity index (χ1n) is 10.2. The fourth-order valence-corrected chi connectivity index (χ4v) is 3.91. The maximum absolute atomic E-state index is 9.90. The molecule has 0 aliphatic heterocycles. The first kappa shape index (κ1) is 19.4. The molecule has 1 fully saturated rings. The number of pyridine rings is 1. The quantitative estimate of drug-likeness (QED) is 0.688. The van der Waals surface area contributed by atoms with Gasteiger partial charge in [-0.05, 0) is 46.5 Å². The molecule has 8 heteroatoms. The molecule has 0 bridgehead atoms. The number of fused-ring (bicyclic) bond motifs is 1. The first-order chi connectivity index (χ1) is 13.9. The van der Waals surface area contributed by atoms with Gasteiger partial charge in [-0.15, -0.1) is 0 Å². The third-order valence-corrected chi connectivity index (χ3v) is 5.66. The van der Waals surface area contributed by atoms with Crippen LogP contribution in [0.2, 0.25) is 0 Å². The fraction of sp³-hybridized carbons (Fsp3) is 0.524. The molecule has 0 amide bonds. The Labute approximate surface area is 170 Å². The van der Waals surface area contributed by atoms with Crippen molar-refractivity contribution < 1.29 is 5.11 Å². The maximum atomic E-state index is 9.90. The lowest BCUT2D eigenvalue weighted by atomic mass is 9.93. The van der Waals surface area contributed by atoms with E-state index < -0.39 is 5.54 Å². The van der Waals surface area contributed by atoms with E-state index in [0.717, 1.165) is 60.2 Å². The van der Waals surface area contributed by atoms with Crippen LogP contribution in [0.5, 0.6) is 0 Å². The van der Waals surface area contributed by atoms with Crippen LogP contribution >= 0.6 is 0 Å². The molecule has 3 heterocycles. The van der Waals surface area contributed by atoms with E-state index in [0.29, 0.717) is 0 Å². The van der Waals surface area contributed by atoms with Gasteiger partial charge in [-0.25, -0.2) is 4.98 Å². The SMILES string of the molecule is CCNc1cc2c(cn1)c(-c1cnn(C(C)(C)C#N)c1)nn2[C@H]1CC[C@H](O)CC1. The third-order valence-electron chi connectivity index (χ3n) is 5.66. The number of aliphatic hydroxyl groups is 1. The second kappa shape index (κ2) is 7.48. The summed E-state index contributed by atoms with van der Waals surface area (Å²) in [6.45, 7) is 6.50. The van der Waals surface area contributed by atoms with Crippen molar-refractivity contribution in [1.29, 1.82) is 5.26 Å². The van der Waals surface area contributed by atoms with Gasteiger partial charge >= 0.3 is 0 Å². The van der Waals surface area contributed by atoms with E-state index >= 15 is 0 Å². The van der Waals surface area contributed by atoms with Gasteiger partial charge in [0.05, 0.1) is 29.9 Å². The highest BCUT2D eigenvalue weighted by atomic mass is 16.3. The summed E-state index contributed by atoms with van der Waals surface area (Å²) < 4.78 is 3.76. The molecular weight excluding hydrogens is 366 g/mol.